The Bertz CT molecular complexity index is 768. The molecule has 0 radical (unpaired) electrons. The average molecular weight is 349 g/mol. The van der Waals surface area contributed by atoms with E-state index in [0.29, 0.717) is 12.5 Å². The van der Waals surface area contributed by atoms with Crippen molar-refractivity contribution < 1.29 is 4.79 Å². The average Bonchev–Trinajstić information content (AvgIpc) is 3.15. The quantitative estimate of drug-likeness (QED) is 0.920. The summed E-state index contributed by atoms with van der Waals surface area (Å²) in [5, 5.41) is 3.18. The van der Waals surface area contributed by atoms with Gasteiger partial charge in [-0.05, 0) is 55.7 Å². The van der Waals surface area contributed by atoms with Crippen LogP contribution in [0.4, 0.5) is 5.69 Å². The zero-order valence-electron chi connectivity index (χ0n) is 15.4. The highest BCUT2D eigenvalue weighted by Crippen LogP contribution is 2.36. The molecule has 1 atom stereocenters. The topological polar surface area (TPSA) is 35.6 Å². The summed E-state index contributed by atoms with van der Waals surface area (Å²) >= 11 is 0. The standard InChI is InChI=1S/C22H27N3O/c1-24-14-19(17-8-3-2-4-9-17)18-10-7-11-21(20(18)15-24)23-22(26)16-25-12-5-6-13-25/h2-4,7-11,19H,5-6,12-16H2,1H3,(H,23,26). The lowest BCUT2D eigenvalue weighted by atomic mass is 9.84. The van der Waals surface area contributed by atoms with Gasteiger partial charge in [-0.25, -0.2) is 0 Å². The molecular weight excluding hydrogens is 322 g/mol. The Morgan fingerprint density at radius 1 is 1.08 bits per heavy atom. The van der Waals surface area contributed by atoms with E-state index in [1.165, 1.54) is 29.5 Å². The molecule has 2 heterocycles. The fourth-order valence-electron chi connectivity index (χ4n) is 4.27. The van der Waals surface area contributed by atoms with Crippen molar-refractivity contribution in [2.45, 2.75) is 25.3 Å². The van der Waals surface area contributed by atoms with E-state index in [-0.39, 0.29) is 5.91 Å². The minimum absolute atomic E-state index is 0.102. The van der Waals surface area contributed by atoms with Crippen molar-refractivity contribution in [3.05, 3.63) is 65.2 Å². The highest BCUT2D eigenvalue weighted by Gasteiger charge is 2.27. The van der Waals surface area contributed by atoms with Gasteiger partial charge in [-0.2, -0.15) is 0 Å². The van der Waals surface area contributed by atoms with Gasteiger partial charge in [-0.3, -0.25) is 9.69 Å². The molecule has 2 aliphatic rings. The van der Waals surface area contributed by atoms with Crippen LogP contribution in [0.2, 0.25) is 0 Å². The number of nitrogens with zero attached hydrogens (tertiary/aromatic N) is 2. The third kappa shape index (κ3) is 3.67. The number of anilines is 1. The molecule has 136 valence electrons. The largest absolute Gasteiger partial charge is 0.325 e. The van der Waals surface area contributed by atoms with E-state index in [1.54, 1.807) is 0 Å². The van der Waals surface area contributed by atoms with Crippen LogP contribution in [-0.2, 0) is 11.3 Å². The van der Waals surface area contributed by atoms with E-state index < -0.39 is 0 Å². The number of carbonyl (C=O) groups is 1. The summed E-state index contributed by atoms with van der Waals surface area (Å²) in [6.07, 6.45) is 2.41. The van der Waals surface area contributed by atoms with Crippen molar-refractivity contribution in [2.24, 2.45) is 0 Å². The van der Waals surface area contributed by atoms with Crippen LogP contribution in [0.15, 0.2) is 48.5 Å². The van der Waals surface area contributed by atoms with Crippen LogP contribution in [0.1, 0.15) is 35.4 Å². The van der Waals surface area contributed by atoms with Gasteiger partial charge in [-0.15, -0.1) is 0 Å². The molecule has 0 saturated carbocycles. The summed E-state index contributed by atoms with van der Waals surface area (Å²) in [6, 6.07) is 17.0. The van der Waals surface area contributed by atoms with Crippen molar-refractivity contribution in [2.75, 3.05) is 38.5 Å². The first-order valence-electron chi connectivity index (χ1n) is 9.58. The molecule has 1 unspecified atom stereocenters. The Hall–Kier alpha value is -2.17. The first kappa shape index (κ1) is 17.3. The van der Waals surface area contributed by atoms with Crippen LogP contribution in [0.3, 0.4) is 0 Å². The molecule has 4 rings (SSSR count). The van der Waals surface area contributed by atoms with Gasteiger partial charge in [0.2, 0.25) is 5.91 Å². The van der Waals surface area contributed by atoms with E-state index >= 15 is 0 Å². The minimum atomic E-state index is 0.102. The number of nitrogens with one attached hydrogen (secondary N) is 1. The van der Waals surface area contributed by atoms with Gasteiger partial charge < -0.3 is 10.2 Å². The Morgan fingerprint density at radius 3 is 2.62 bits per heavy atom. The first-order valence-corrected chi connectivity index (χ1v) is 9.58. The van der Waals surface area contributed by atoms with Crippen molar-refractivity contribution in [3.63, 3.8) is 0 Å². The maximum atomic E-state index is 12.5. The maximum absolute atomic E-state index is 12.5. The number of carbonyl (C=O) groups excluding carboxylic acids is 1. The number of hydrogen-bond acceptors (Lipinski definition) is 3. The van der Waals surface area contributed by atoms with Crippen molar-refractivity contribution >= 4 is 11.6 Å². The van der Waals surface area contributed by atoms with E-state index in [0.717, 1.165) is 31.9 Å². The van der Waals surface area contributed by atoms with E-state index in [4.69, 9.17) is 0 Å². The molecule has 0 spiro atoms. The number of fused-ring (bicyclic) bond motifs is 1. The molecule has 4 nitrogen and oxygen atoms in total. The Balaban J connectivity index is 1.59. The third-order valence-electron chi connectivity index (χ3n) is 5.55. The lowest BCUT2D eigenvalue weighted by Crippen LogP contribution is -2.34. The Morgan fingerprint density at radius 2 is 1.85 bits per heavy atom. The highest BCUT2D eigenvalue weighted by molar-refractivity contribution is 5.93. The van der Waals surface area contributed by atoms with Gasteiger partial charge in [0, 0.05) is 24.7 Å². The monoisotopic (exact) mass is 349 g/mol. The number of likely N-dealkylation sites (N-methyl/N-ethyl adjacent to an activating group) is 1. The van der Waals surface area contributed by atoms with Gasteiger partial charge >= 0.3 is 0 Å². The molecule has 1 N–H and O–H groups in total. The van der Waals surface area contributed by atoms with Crippen LogP contribution >= 0.6 is 0 Å². The molecule has 4 heteroatoms. The third-order valence-corrected chi connectivity index (χ3v) is 5.55. The molecule has 26 heavy (non-hydrogen) atoms. The lowest BCUT2D eigenvalue weighted by molar-refractivity contribution is -0.117. The second-order valence-corrected chi connectivity index (χ2v) is 7.56. The van der Waals surface area contributed by atoms with Crippen LogP contribution < -0.4 is 5.32 Å². The normalized spacial score (nSPS) is 20.7. The van der Waals surface area contributed by atoms with Gasteiger partial charge in [0.15, 0.2) is 0 Å². The highest BCUT2D eigenvalue weighted by atomic mass is 16.2. The maximum Gasteiger partial charge on any atom is 0.238 e. The number of amides is 1. The number of benzene rings is 2. The van der Waals surface area contributed by atoms with Crippen LogP contribution in [0.5, 0.6) is 0 Å². The zero-order valence-corrected chi connectivity index (χ0v) is 15.4. The molecule has 2 aromatic rings. The van der Waals surface area contributed by atoms with E-state index in [9.17, 15) is 4.79 Å². The summed E-state index contributed by atoms with van der Waals surface area (Å²) in [7, 11) is 2.15. The smallest absolute Gasteiger partial charge is 0.238 e. The van der Waals surface area contributed by atoms with E-state index in [2.05, 4.69) is 64.6 Å². The SMILES string of the molecule is CN1Cc2c(NC(=O)CN3CCCC3)cccc2C(c2ccccc2)C1. The van der Waals surface area contributed by atoms with Crippen molar-refractivity contribution in [1.29, 1.82) is 0 Å². The van der Waals surface area contributed by atoms with Crippen LogP contribution in [0, 0.1) is 0 Å². The summed E-state index contributed by atoms with van der Waals surface area (Å²) in [4.78, 5) is 17.1. The molecule has 2 aromatic carbocycles. The van der Waals surface area contributed by atoms with Crippen molar-refractivity contribution in [3.8, 4) is 0 Å². The van der Waals surface area contributed by atoms with Gasteiger partial charge in [0.25, 0.3) is 0 Å². The molecule has 2 aliphatic heterocycles. The van der Waals surface area contributed by atoms with Crippen LogP contribution in [-0.4, -0.2) is 48.9 Å². The summed E-state index contributed by atoms with van der Waals surface area (Å²) in [5.74, 6) is 0.449. The summed E-state index contributed by atoms with van der Waals surface area (Å²) in [5.41, 5.74) is 4.90. The minimum Gasteiger partial charge on any atom is -0.325 e. The van der Waals surface area contributed by atoms with E-state index in [1.807, 2.05) is 6.07 Å². The fraction of sp³-hybridized carbons (Fsp3) is 0.409. The van der Waals surface area contributed by atoms with Crippen molar-refractivity contribution in [1.82, 2.24) is 9.80 Å². The zero-order chi connectivity index (χ0) is 17.9. The van der Waals surface area contributed by atoms with Crippen LogP contribution in [0.25, 0.3) is 0 Å². The summed E-state index contributed by atoms with van der Waals surface area (Å²) in [6.45, 7) is 4.46. The second kappa shape index (κ2) is 7.60. The fourth-order valence-corrected chi connectivity index (χ4v) is 4.27. The molecular formula is C22H27N3O. The molecule has 1 fully saturated rings. The molecule has 0 bridgehead atoms. The molecule has 1 amide bonds. The predicted molar refractivity (Wildman–Crippen MR) is 105 cm³/mol. The second-order valence-electron chi connectivity index (χ2n) is 7.56. The number of rotatable bonds is 4. The molecule has 0 aromatic heterocycles. The Kier molecular flexibility index (Phi) is 5.05. The number of hydrogen-bond donors (Lipinski definition) is 1. The predicted octanol–water partition coefficient (Wildman–Crippen LogP) is 3.30. The first-order chi connectivity index (χ1) is 12.7. The van der Waals surface area contributed by atoms with Gasteiger partial charge in [-0.1, -0.05) is 42.5 Å². The van der Waals surface area contributed by atoms with Gasteiger partial charge in [0.1, 0.15) is 0 Å². The molecule has 1 saturated heterocycles. The van der Waals surface area contributed by atoms with Gasteiger partial charge in [0.05, 0.1) is 6.54 Å². The summed E-state index contributed by atoms with van der Waals surface area (Å²) < 4.78 is 0. The lowest BCUT2D eigenvalue weighted by Gasteiger charge is -2.34. The molecule has 0 aliphatic carbocycles. The number of likely N-dealkylation sites (tertiary alicyclic amines) is 1. The Labute approximate surface area is 155 Å².